The third-order valence-corrected chi connectivity index (χ3v) is 3.08. The van der Waals surface area contributed by atoms with Gasteiger partial charge in [0.1, 0.15) is 0 Å². The molecule has 0 saturated carbocycles. The highest BCUT2D eigenvalue weighted by Gasteiger charge is 2.19. The summed E-state index contributed by atoms with van der Waals surface area (Å²) in [6.07, 6.45) is -0.0420. The maximum absolute atomic E-state index is 12.4. The predicted molar refractivity (Wildman–Crippen MR) is 79.2 cm³/mol. The highest BCUT2D eigenvalue weighted by atomic mass is 16.4. The summed E-state index contributed by atoms with van der Waals surface area (Å²) in [7, 11) is 3.87. The molecule has 1 aromatic carbocycles. The Kier molecular flexibility index (Phi) is 5.55. The van der Waals surface area contributed by atoms with Gasteiger partial charge in [-0.15, -0.1) is 0 Å². The van der Waals surface area contributed by atoms with Crippen LogP contribution in [-0.4, -0.2) is 48.6 Å². The number of carboxylic acids is 1. The number of rotatable bonds is 6. The number of aliphatic carboxylic acids is 1. The van der Waals surface area contributed by atoms with Gasteiger partial charge in [0, 0.05) is 37.9 Å². The monoisotopic (exact) mass is 278 g/mol. The van der Waals surface area contributed by atoms with E-state index in [0.717, 1.165) is 5.69 Å². The Bertz CT molecular complexity index is 467. The van der Waals surface area contributed by atoms with Crippen LogP contribution in [0.2, 0.25) is 0 Å². The number of benzene rings is 1. The molecule has 5 heteroatoms. The van der Waals surface area contributed by atoms with Gasteiger partial charge in [-0.3, -0.25) is 9.59 Å². The second kappa shape index (κ2) is 6.93. The lowest BCUT2D eigenvalue weighted by Crippen LogP contribution is -2.38. The summed E-state index contributed by atoms with van der Waals surface area (Å²) in [5, 5.41) is 8.75. The van der Waals surface area contributed by atoms with E-state index in [-0.39, 0.29) is 24.9 Å². The van der Waals surface area contributed by atoms with E-state index >= 15 is 0 Å². The lowest BCUT2D eigenvalue weighted by Gasteiger charge is -2.26. The maximum atomic E-state index is 12.4. The largest absolute Gasteiger partial charge is 0.481 e. The Hall–Kier alpha value is -2.04. The normalized spacial score (nSPS) is 10.4. The Labute approximate surface area is 119 Å². The van der Waals surface area contributed by atoms with Crippen LogP contribution in [-0.2, 0) is 4.79 Å². The summed E-state index contributed by atoms with van der Waals surface area (Å²) in [5.74, 6) is -1.03. The molecule has 0 aliphatic rings. The summed E-state index contributed by atoms with van der Waals surface area (Å²) in [5.41, 5.74) is 1.60. The van der Waals surface area contributed by atoms with Gasteiger partial charge in [-0.05, 0) is 38.1 Å². The fourth-order valence-corrected chi connectivity index (χ4v) is 1.88. The number of hydrogen-bond acceptors (Lipinski definition) is 3. The summed E-state index contributed by atoms with van der Waals surface area (Å²) in [6.45, 7) is 3.99. The SMILES string of the molecule is CC(C)N(CCC(=O)O)C(=O)c1ccc(N(C)C)cc1. The van der Waals surface area contributed by atoms with Crippen LogP contribution in [0.15, 0.2) is 24.3 Å². The van der Waals surface area contributed by atoms with Gasteiger partial charge in [0.2, 0.25) is 0 Å². The molecule has 0 aliphatic carbocycles. The molecular weight excluding hydrogens is 256 g/mol. The summed E-state index contributed by atoms with van der Waals surface area (Å²) in [6, 6.07) is 7.27. The molecule has 1 amide bonds. The molecule has 1 rings (SSSR count). The van der Waals surface area contributed by atoms with Crippen molar-refractivity contribution in [2.75, 3.05) is 25.5 Å². The van der Waals surface area contributed by atoms with Crippen LogP contribution in [0.4, 0.5) is 5.69 Å². The van der Waals surface area contributed by atoms with Crippen LogP contribution >= 0.6 is 0 Å². The van der Waals surface area contributed by atoms with Crippen molar-refractivity contribution < 1.29 is 14.7 Å². The van der Waals surface area contributed by atoms with Crippen LogP contribution in [0.3, 0.4) is 0 Å². The van der Waals surface area contributed by atoms with E-state index in [1.807, 2.05) is 45.0 Å². The van der Waals surface area contributed by atoms with E-state index in [1.165, 1.54) is 0 Å². The number of carbonyl (C=O) groups excluding carboxylic acids is 1. The van der Waals surface area contributed by atoms with E-state index < -0.39 is 5.97 Å². The fourth-order valence-electron chi connectivity index (χ4n) is 1.88. The van der Waals surface area contributed by atoms with Gasteiger partial charge in [0.15, 0.2) is 0 Å². The van der Waals surface area contributed by atoms with Crippen molar-refractivity contribution >= 4 is 17.6 Å². The molecule has 0 heterocycles. The van der Waals surface area contributed by atoms with Crippen LogP contribution in [0.25, 0.3) is 0 Å². The topological polar surface area (TPSA) is 60.9 Å². The Morgan fingerprint density at radius 1 is 1.15 bits per heavy atom. The smallest absolute Gasteiger partial charge is 0.305 e. The van der Waals surface area contributed by atoms with Gasteiger partial charge < -0.3 is 14.9 Å². The van der Waals surface area contributed by atoms with Crippen molar-refractivity contribution in [1.82, 2.24) is 4.90 Å². The van der Waals surface area contributed by atoms with E-state index in [1.54, 1.807) is 17.0 Å². The van der Waals surface area contributed by atoms with Crippen molar-refractivity contribution in [2.45, 2.75) is 26.3 Å². The third kappa shape index (κ3) is 4.26. The first-order chi connectivity index (χ1) is 9.32. The molecule has 110 valence electrons. The Morgan fingerprint density at radius 2 is 1.70 bits per heavy atom. The molecule has 0 bridgehead atoms. The maximum Gasteiger partial charge on any atom is 0.305 e. The van der Waals surface area contributed by atoms with Gasteiger partial charge in [0.05, 0.1) is 6.42 Å². The van der Waals surface area contributed by atoms with Crippen LogP contribution in [0.5, 0.6) is 0 Å². The average Bonchev–Trinajstić information content (AvgIpc) is 2.38. The van der Waals surface area contributed by atoms with E-state index in [2.05, 4.69) is 0 Å². The molecule has 0 unspecified atom stereocenters. The minimum absolute atomic E-state index is 0.0321. The molecule has 0 radical (unpaired) electrons. The zero-order valence-corrected chi connectivity index (χ0v) is 12.5. The van der Waals surface area contributed by atoms with Crippen molar-refractivity contribution in [1.29, 1.82) is 0 Å². The Balaban J connectivity index is 2.86. The highest BCUT2D eigenvalue weighted by molar-refractivity contribution is 5.95. The van der Waals surface area contributed by atoms with Crippen molar-refractivity contribution in [3.8, 4) is 0 Å². The molecule has 0 saturated heterocycles. The minimum atomic E-state index is -0.897. The van der Waals surface area contributed by atoms with Crippen molar-refractivity contribution in [2.24, 2.45) is 0 Å². The van der Waals surface area contributed by atoms with E-state index in [4.69, 9.17) is 5.11 Å². The quantitative estimate of drug-likeness (QED) is 0.865. The van der Waals surface area contributed by atoms with E-state index in [0.29, 0.717) is 5.56 Å². The third-order valence-electron chi connectivity index (χ3n) is 3.08. The summed E-state index contributed by atoms with van der Waals surface area (Å²) >= 11 is 0. The van der Waals surface area contributed by atoms with Gasteiger partial charge in [-0.2, -0.15) is 0 Å². The minimum Gasteiger partial charge on any atom is -0.481 e. The second-order valence-corrected chi connectivity index (χ2v) is 5.18. The lowest BCUT2D eigenvalue weighted by atomic mass is 10.1. The number of amides is 1. The van der Waals surface area contributed by atoms with E-state index in [9.17, 15) is 9.59 Å². The van der Waals surface area contributed by atoms with Gasteiger partial charge in [-0.25, -0.2) is 0 Å². The molecule has 0 aromatic heterocycles. The number of anilines is 1. The van der Waals surface area contributed by atoms with Crippen molar-refractivity contribution in [3.63, 3.8) is 0 Å². The summed E-state index contributed by atoms with van der Waals surface area (Å²) < 4.78 is 0. The lowest BCUT2D eigenvalue weighted by molar-refractivity contribution is -0.137. The molecule has 0 aliphatic heterocycles. The second-order valence-electron chi connectivity index (χ2n) is 5.18. The van der Waals surface area contributed by atoms with Crippen LogP contribution in [0.1, 0.15) is 30.6 Å². The molecule has 1 aromatic rings. The zero-order chi connectivity index (χ0) is 15.3. The van der Waals surface area contributed by atoms with Crippen molar-refractivity contribution in [3.05, 3.63) is 29.8 Å². The zero-order valence-electron chi connectivity index (χ0n) is 12.5. The standard InChI is InChI=1S/C15H22N2O3/c1-11(2)17(10-9-14(18)19)15(20)12-5-7-13(8-6-12)16(3)4/h5-8,11H,9-10H2,1-4H3,(H,18,19). The molecule has 0 spiro atoms. The van der Waals surface area contributed by atoms with Gasteiger partial charge >= 0.3 is 5.97 Å². The molecule has 5 nitrogen and oxygen atoms in total. The predicted octanol–water partition coefficient (Wildman–Crippen LogP) is 2.08. The highest BCUT2D eigenvalue weighted by Crippen LogP contribution is 2.15. The average molecular weight is 278 g/mol. The first kappa shape index (κ1) is 16.0. The first-order valence-corrected chi connectivity index (χ1v) is 6.63. The van der Waals surface area contributed by atoms with Crippen LogP contribution < -0.4 is 4.90 Å². The molecule has 0 atom stereocenters. The Morgan fingerprint density at radius 3 is 2.10 bits per heavy atom. The number of carbonyl (C=O) groups is 2. The molecule has 20 heavy (non-hydrogen) atoms. The van der Waals surface area contributed by atoms with Gasteiger partial charge in [-0.1, -0.05) is 0 Å². The number of nitrogens with zero attached hydrogens (tertiary/aromatic N) is 2. The van der Waals surface area contributed by atoms with Gasteiger partial charge in [0.25, 0.3) is 5.91 Å². The number of carboxylic acid groups (broad SMARTS) is 1. The first-order valence-electron chi connectivity index (χ1n) is 6.63. The van der Waals surface area contributed by atoms with Crippen LogP contribution in [0, 0.1) is 0 Å². The molecule has 0 fully saturated rings. The number of hydrogen-bond donors (Lipinski definition) is 1. The molecule has 1 N–H and O–H groups in total. The fraction of sp³-hybridized carbons (Fsp3) is 0.467. The summed E-state index contributed by atoms with van der Waals surface area (Å²) in [4.78, 5) is 26.6. The molecular formula is C15H22N2O3.